The van der Waals surface area contributed by atoms with Gasteiger partial charge in [0, 0.05) is 42.8 Å². The first-order valence-corrected chi connectivity index (χ1v) is 9.91. The number of ether oxygens (including phenoxy) is 1. The molecule has 1 aliphatic heterocycles. The van der Waals surface area contributed by atoms with E-state index in [0.29, 0.717) is 18.2 Å². The number of aromatic nitrogens is 1. The van der Waals surface area contributed by atoms with Gasteiger partial charge in [0.2, 0.25) is 5.91 Å². The second-order valence-corrected chi connectivity index (χ2v) is 7.21. The van der Waals surface area contributed by atoms with Crippen LogP contribution in [-0.4, -0.2) is 42.3 Å². The SMILES string of the molecule is CCNCC(=O)N(Cc1ccc(C2CCOCC2)nc1)c1ccc(C)c(O)c1. The molecule has 6 heteroatoms. The number of anilines is 1. The van der Waals surface area contributed by atoms with Crippen LogP contribution in [0, 0.1) is 6.92 Å². The molecule has 2 aromatic rings. The number of phenols is 1. The van der Waals surface area contributed by atoms with Crippen LogP contribution in [0.2, 0.25) is 0 Å². The van der Waals surface area contributed by atoms with Gasteiger partial charge in [0.05, 0.1) is 13.1 Å². The summed E-state index contributed by atoms with van der Waals surface area (Å²) in [6.07, 6.45) is 3.86. The summed E-state index contributed by atoms with van der Waals surface area (Å²) in [6, 6.07) is 9.43. The van der Waals surface area contributed by atoms with Gasteiger partial charge in [-0.25, -0.2) is 0 Å². The van der Waals surface area contributed by atoms with Gasteiger partial charge in [0.15, 0.2) is 0 Å². The summed E-state index contributed by atoms with van der Waals surface area (Å²) < 4.78 is 5.42. The van der Waals surface area contributed by atoms with E-state index < -0.39 is 0 Å². The lowest BCUT2D eigenvalue weighted by Crippen LogP contribution is -2.38. The minimum Gasteiger partial charge on any atom is -0.508 e. The molecule has 0 bridgehead atoms. The highest BCUT2D eigenvalue weighted by molar-refractivity contribution is 5.95. The Morgan fingerprint density at radius 2 is 2.07 bits per heavy atom. The van der Waals surface area contributed by atoms with Crippen molar-refractivity contribution in [2.75, 3.05) is 31.2 Å². The molecule has 1 aromatic carbocycles. The maximum atomic E-state index is 12.8. The molecular formula is C22H29N3O3. The first kappa shape index (κ1) is 20.3. The van der Waals surface area contributed by atoms with Crippen molar-refractivity contribution >= 4 is 11.6 Å². The van der Waals surface area contributed by atoms with E-state index in [1.165, 1.54) is 0 Å². The van der Waals surface area contributed by atoms with Gasteiger partial charge >= 0.3 is 0 Å². The zero-order chi connectivity index (χ0) is 19.9. The Morgan fingerprint density at radius 1 is 1.29 bits per heavy atom. The molecule has 6 nitrogen and oxygen atoms in total. The van der Waals surface area contributed by atoms with Crippen molar-refractivity contribution < 1.29 is 14.6 Å². The summed E-state index contributed by atoms with van der Waals surface area (Å²) >= 11 is 0. The van der Waals surface area contributed by atoms with E-state index in [9.17, 15) is 9.90 Å². The molecule has 0 radical (unpaired) electrons. The summed E-state index contributed by atoms with van der Waals surface area (Å²) in [4.78, 5) is 19.1. The molecule has 2 heterocycles. The predicted octanol–water partition coefficient (Wildman–Crippen LogP) is 3.13. The third-order valence-electron chi connectivity index (χ3n) is 5.16. The van der Waals surface area contributed by atoms with Gasteiger partial charge in [0.1, 0.15) is 5.75 Å². The lowest BCUT2D eigenvalue weighted by molar-refractivity contribution is -0.117. The monoisotopic (exact) mass is 383 g/mol. The van der Waals surface area contributed by atoms with E-state index >= 15 is 0 Å². The minimum atomic E-state index is -0.0430. The number of likely N-dealkylation sites (N-methyl/N-ethyl adjacent to an activating group) is 1. The Bertz CT molecular complexity index is 786. The number of pyridine rings is 1. The molecule has 3 rings (SSSR count). The Morgan fingerprint density at radius 3 is 2.71 bits per heavy atom. The maximum Gasteiger partial charge on any atom is 0.241 e. The third-order valence-corrected chi connectivity index (χ3v) is 5.16. The molecular weight excluding hydrogens is 354 g/mol. The Hall–Kier alpha value is -2.44. The van der Waals surface area contributed by atoms with Gasteiger partial charge in [-0.15, -0.1) is 0 Å². The number of aryl methyl sites for hydroxylation is 1. The van der Waals surface area contributed by atoms with Gasteiger partial charge in [-0.3, -0.25) is 9.78 Å². The van der Waals surface area contributed by atoms with Crippen LogP contribution in [0.15, 0.2) is 36.5 Å². The number of carbonyl (C=O) groups excluding carboxylic acids is 1. The molecule has 2 N–H and O–H groups in total. The van der Waals surface area contributed by atoms with E-state index in [4.69, 9.17) is 4.74 Å². The fourth-order valence-corrected chi connectivity index (χ4v) is 3.36. The number of nitrogens with zero attached hydrogens (tertiary/aromatic N) is 2. The fraction of sp³-hybridized carbons (Fsp3) is 0.455. The first-order chi connectivity index (χ1) is 13.6. The van der Waals surface area contributed by atoms with E-state index in [2.05, 4.69) is 16.4 Å². The summed E-state index contributed by atoms with van der Waals surface area (Å²) in [6.45, 7) is 6.76. The average Bonchev–Trinajstić information content (AvgIpc) is 2.73. The molecule has 1 aromatic heterocycles. The molecule has 0 spiro atoms. The number of amides is 1. The molecule has 0 atom stereocenters. The van der Waals surface area contributed by atoms with Gasteiger partial charge in [-0.2, -0.15) is 0 Å². The molecule has 1 amide bonds. The topological polar surface area (TPSA) is 74.7 Å². The average molecular weight is 383 g/mol. The van der Waals surface area contributed by atoms with Crippen molar-refractivity contribution in [1.29, 1.82) is 0 Å². The van der Waals surface area contributed by atoms with Crippen LogP contribution in [0.3, 0.4) is 0 Å². The van der Waals surface area contributed by atoms with Crippen molar-refractivity contribution in [2.45, 2.75) is 39.2 Å². The standard InChI is InChI=1S/C22H29N3O3/c1-3-23-14-22(27)25(19-6-4-16(2)21(26)12-19)15-17-5-7-20(24-13-17)18-8-10-28-11-9-18/h4-7,12-13,18,23,26H,3,8-11,14-15H2,1-2H3. The minimum absolute atomic E-state index is 0.0430. The fourth-order valence-electron chi connectivity index (χ4n) is 3.36. The van der Waals surface area contributed by atoms with E-state index in [1.54, 1.807) is 11.0 Å². The number of rotatable bonds is 7. The van der Waals surface area contributed by atoms with E-state index in [0.717, 1.165) is 49.4 Å². The Kier molecular flexibility index (Phi) is 7.01. The van der Waals surface area contributed by atoms with Crippen LogP contribution in [0.1, 0.15) is 42.5 Å². The van der Waals surface area contributed by atoms with E-state index in [1.807, 2.05) is 38.2 Å². The number of phenolic OH excluding ortho intramolecular Hbond substituents is 1. The van der Waals surface area contributed by atoms with Gasteiger partial charge in [-0.1, -0.05) is 19.1 Å². The molecule has 0 unspecified atom stereocenters. The quantitative estimate of drug-likeness (QED) is 0.768. The van der Waals surface area contributed by atoms with Crippen molar-refractivity contribution in [3.05, 3.63) is 53.3 Å². The second-order valence-electron chi connectivity index (χ2n) is 7.21. The van der Waals surface area contributed by atoms with Crippen LogP contribution in [0.5, 0.6) is 5.75 Å². The van der Waals surface area contributed by atoms with Crippen molar-refractivity contribution in [2.24, 2.45) is 0 Å². The summed E-state index contributed by atoms with van der Waals surface area (Å²) in [7, 11) is 0. The number of nitrogens with one attached hydrogen (secondary N) is 1. The Labute approximate surface area is 166 Å². The Balaban J connectivity index is 1.78. The van der Waals surface area contributed by atoms with Crippen LogP contribution in [-0.2, 0) is 16.1 Å². The van der Waals surface area contributed by atoms with Crippen LogP contribution in [0.25, 0.3) is 0 Å². The van der Waals surface area contributed by atoms with E-state index in [-0.39, 0.29) is 18.2 Å². The molecule has 1 fully saturated rings. The third kappa shape index (κ3) is 5.09. The number of hydrogen-bond donors (Lipinski definition) is 2. The predicted molar refractivity (Wildman–Crippen MR) is 110 cm³/mol. The van der Waals surface area contributed by atoms with Crippen LogP contribution in [0.4, 0.5) is 5.69 Å². The smallest absolute Gasteiger partial charge is 0.241 e. The van der Waals surface area contributed by atoms with Gasteiger partial charge in [-0.05, 0) is 49.6 Å². The molecule has 1 saturated heterocycles. The van der Waals surface area contributed by atoms with Crippen molar-refractivity contribution in [3.63, 3.8) is 0 Å². The highest BCUT2D eigenvalue weighted by Crippen LogP contribution is 2.27. The molecule has 1 aliphatic rings. The number of aromatic hydroxyl groups is 1. The molecule has 150 valence electrons. The van der Waals surface area contributed by atoms with Gasteiger partial charge < -0.3 is 20.1 Å². The zero-order valence-corrected chi connectivity index (χ0v) is 16.6. The molecule has 28 heavy (non-hydrogen) atoms. The number of carbonyl (C=O) groups is 1. The number of hydrogen-bond acceptors (Lipinski definition) is 5. The van der Waals surface area contributed by atoms with Crippen molar-refractivity contribution in [1.82, 2.24) is 10.3 Å². The normalized spacial score (nSPS) is 14.8. The summed E-state index contributed by atoms with van der Waals surface area (Å²) in [5.74, 6) is 0.591. The van der Waals surface area contributed by atoms with Crippen LogP contribution < -0.4 is 10.2 Å². The summed E-state index contributed by atoms with van der Waals surface area (Å²) in [5.41, 5.74) is 3.51. The van der Waals surface area contributed by atoms with Crippen LogP contribution >= 0.6 is 0 Å². The lowest BCUT2D eigenvalue weighted by Gasteiger charge is -2.24. The van der Waals surface area contributed by atoms with Gasteiger partial charge in [0.25, 0.3) is 0 Å². The molecule has 0 saturated carbocycles. The zero-order valence-electron chi connectivity index (χ0n) is 16.6. The summed E-state index contributed by atoms with van der Waals surface area (Å²) in [5, 5.41) is 13.2. The maximum absolute atomic E-state index is 12.8. The van der Waals surface area contributed by atoms with Crippen molar-refractivity contribution in [3.8, 4) is 5.75 Å². The first-order valence-electron chi connectivity index (χ1n) is 9.91. The number of benzene rings is 1. The highest BCUT2D eigenvalue weighted by Gasteiger charge is 2.19. The highest BCUT2D eigenvalue weighted by atomic mass is 16.5. The molecule has 0 aliphatic carbocycles. The second kappa shape index (κ2) is 9.66. The largest absolute Gasteiger partial charge is 0.508 e. The lowest BCUT2D eigenvalue weighted by atomic mass is 9.96.